The van der Waals surface area contributed by atoms with Gasteiger partial charge in [-0.05, 0) is 41.6 Å². The zero-order valence-corrected chi connectivity index (χ0v) is 14.5. The Hall–Kier alpha value is -2.80. The highest BCUT2D eigenvalue weighted by Gasteiger charge is 2.12. The number of fused-ring (bicyclic) bond motifs is 1. The van der Waals surface area contributed by atoms with Gasteiger partial charge in [0, 0.05) is 22.4 Å². The average molecular weight is 354 g/mol. The van der Waals surface area contributed by atoms with Crippen LogP contribution in [0.4, 0.5) is 5.69 Å². The molecule has 4 N–H and O–H groups in total. The number of nitrogens with one attached hydrogen (secondary N) is 2. The van der Waals surface area contributed by atoms with Crippen LogP contribution in [-0.2, 0) is 5.75 Å². The van der Waals surface area contributed by atoms with Gasteiger partial charge in [0.2, 0.25) is 0 Å². The molecule has 0 fully saturated rings. The number of rotatable bonds is 6. The molecule has 0 aliphatic heterocycles. The van der Waals surface area contributed by atoms with E-state index in [2.05, 4.69) is 22.4 Å². The summed E-state index contributed by atoms with van der Waals surface area (Å²) in [6, 6.07) is 12.7. The Labute approximate surface area is 149 Å². The molecule has 0 bridgehead atoms. The minimum atomic E-state index is -0.615. The zero-order valence-electron chi connectivity index (χ0n) is 13.7. The van der Waals surface area contributed by atoms with Gasteiger partial charge < -0.3 is 11.1 Å². The number of benzene rings is 2. The van der Waals surface area contributed by atoms with Crippen molar-refractivity contribution in [2.24, 2.45) is 5.73 Å². The van der Waals surface area contributed by atoms with Gasteiger partial charge in [0.1, 0.15) is 0 Å². The van der Waals surface area contributed by atoms with Crippen molar-refractivity contribution >= 4 is 40.2 Å². The maximum absolute atomic E-state index is 12.4. The number of hydrogen-bond donors (Lipinski definition) is 3. The van der Waals surface area contributed by atoms with Gasteiger partial charge in [-0.1, -0.05) is 19.1 Å². The van der Waals surface area contributed by atoms with E-state index in [0.29, 0.717) is 22.2 Å². The molecule has 0 saturated heterocycles. The lowest BCUT2D eigenvalue weighted by molar-refractivity contribution is 0.0995. The SMILES string of the molecule is CCSCc1ccc(C(=O)Nc2ccc3[nH]nc(C(N)=O)c3c2)cc1. The first-order valence-electron chi connectivity index (χ1n) is 7.84. The molecule has 3 aromatic rings. The second-order valence-corrected chi connectivity index (χ2v) is 6.76. The van der Waals surface area contributed by atoms with Gasteiger partial charge in [0.25, 0.3) is 11.8 Å². The molecule has 6 nitrogen and oxygen atoms in total. The topological polar surface area (TPSA) is 101 Å². The van der Waals surface area contributed by atoms with Crippen LogP contribution in [-0.4, -0.2) is 27.8 Å². The molecular formula is C18H18N4O2S. The largest absolute Gasteiger partial charge is 0.364 e. The molecule has 0 aliphatic carbocycles. The van der Waals surface area contributed by atoms with E-state index < -0.39 is 5.91 Å². The normalized spacial score (nSPS) is 10.8. The van der Waals surface area contributed by atoms with Gasteiger partial charge in [-0.25, -0.2) is 0 Å². The Morgan fingerprint density at radius 1 is 1.20 bits per heavy atom. The van der Waals surface area contributed by atoms with Gasteiger partial charge in [0.05, 0.1) is 5.52 Å². The van der Waals surface area contributed by atoms with E-state index in [-0.39, 0.29) is 11.6 Å². The van der Waals surface area contributed by atoms with E-state index in [1.165, 1.54) is 5.56 Å². The number of aromatic amines is 1. The summed E-state index contributed by atoms with van der Waals surface area (Å²) in [6.45, 7) is 2.12. The van der Waals surface area contributed by atoms with Crippen molar-refractivity contribution in [3.63, 3.8) is 0 Å². The summed E-state index contributed by atoms with van der Waals surface area (Å²) >= 11 is 1.84. The summed E-state index contributed by atoms with van der Waals surface area (Å²) in [6.07, 6.45) is 0. The average Bonchev–Trinajstić information content (AvgIpc) is 3.04. The standard InChI is InChI=1S/C18H18N4O2S/c1-2-25-10-11-3-5-12(6-4-11)18(24)20-13-7-8-15-14(9-13)16(17(19)23)22-21-15/h3-9H,2,10H2,1H3,(H2,19,23)(H,20,24)(H,21,22). The first-order chi connectivity index (χ1) is 12.1. The molecule has 0 radical (unpaired) electrons. The molecule has 0 atom stereocenters. The second kappa shape index (κ2) is 7.40. The maximum atomic E-state index is 12.4. The third-order valence-corrected chi connectivity index (χ3v) is 4.69. The fraction of sp³-hybridized carbons (Fsp3) is 0.167. The first kappa shape index (κ1) is 17.0. The molecule has 0 saturated carbocycles. The number of aromatic nitrogens is 2. The second-order valence-electron chi connectivity index (χ2n) is 5.49. The lowest BCUT2D eigenvalue weighted by Gasteiger charge is -2.07. The number of primary amides is 1. The molecule has 7 heteroatoms. The lowest BCUT2D eigenvalue weighted by atomic mass is 10.1. The first-order valence-corrected chi connectivity index (χ1v) is 9.00. The van der Waals surface area contributed by atoms with Crippen molar-refractivity contribution in [2.45, 2.75) is 12.7 Å². The Kier molecular flexibility index (Phi) is 5.04. The van der Waals surface area contributed by atoms with Gasteiger partial charge in [0.15, 0.2) is 5.69 Å². The third-order valence-electron chi connectivity index (χ3n) is 3.74. The molecule has 2 amide bonds. The van der Waals surface area contributed by atoms with Crippen LogP contribution in [0.2, 0.25) is 0 Å². The molecule has 0 unspecified atom stereocenters. The minimum absolute atomic E-state index is 0.156. The predicted molar refractivity (Wildman–Crippen MR) is 101 cm³/mol. The number of carbonyl (C=O) groups is 2. The summed E-state index contributed by atoms with van der Waals surface area (Å²) in [5, 5.41) is 10.0. The van der Waals surface area contributed by atoms with Gasteiger partial charge in [-0.2, -0.15) is 16.9 Å². The van der Waals surface area contributed by atoms with Crippen LogP contribution in [0.25, 0.3) is 10.9 Å². The van der Waals surface area contributed by atoms with Crippen molar-refractivity contribution in [2.75, 3.05) is 11.1 Å². The summed E-state index contributed by atoms with van der Waals surface area (Å²) in [4.78, 5) is 23.8. The van der Waals surface area contributed by atoms with Crippen LogP contribution in [0.1, 0.15) is 33.3 Å². The van der Waals surface area contributed by atoms with Crippen molar-refractivity contribution in [3.8, 4) is 0 Å². The van der Waals surface area contributed by atoms with Crippen molar-refractivity contribution < 1.29 is 9.59 Å². The molecule has 3 rings (SSSR count). The molecular weight excluding hydrogens is 336 g/mol. The summed E-state index contributed by atoms with van der Waals surface area (Å²) in [5.41, 5.74) is 8.49. The van der Waals surface area contributed by atoms with Gasteiger partial charge in [-0.15, -0.1) is 0 Å². The molecule has 0 spiro atoms. The summed E-state index contributed by atoms with van der Waals surface area (Å²) < 4.78 is 0. The fourth-order valence-corrected chi connectivity index (χ4v) is 3.09. The van der Waals surface area contributed by atoms with Crippen LogP contribution in [0.3, 0.4) is 0 Å². The Morgan fingerprint density at radius 3 is 2.64 bits per heavy atom. The van der Waals surface area contributed by atoms with Crippen LogP contribution >= 0.6 is 11.8 Å². The van der Waals surface area contributed by atoms with Crippen LogP contribution in [0, 0.1) is 0 Å². The fourth-order valence-electron chi connectivity index (χ4n) is 2.46. The number of anilines is 1. The van der Waals surface area contributed by atoms with E-state index in [0.717, 1.165) is 11.5 Å². The highest BCUT2D eigenvalue weighted by atomic mass is 32.2. The molecule has 25 heavy (non-hydrogen) atoms. The summed E-state index contributed by atoms with van der Waals surface area (Å²) in [5.74, 6) is 1.17. The number of H-pyrrole nitrogens is 1. The number of nitrogens with two attached hydrogens (primary N) is 1. The number of amides is 2. The quantitative estimate of drug-likeness (QED) is 0.633. The van der Waals surface area contributed by atoms with E-state index in [1.807, 2.05) is 36.0 Å². The van der Waals surface area contributed by atoms with E-state index in [4.69, 9.17) is 5.73 Å². The van der Waals surface area contributed by atoms with Crippen LogP contribution in [0.5, 0.6) is 0 Å². The Balaban J connectivity index is 1.77. The monoisotopic (exact) mass is 354 g/mol. The van der Waals surface area contributed by atoms with Crippen molar-refractivity contribution in [1.29, 1.82) is 0 Å². The number of carbonyl (C=O) groups excluding carboxylic acids is 2. The van der Waals surface area contributed by atoms with Crippen LogP contribution < -0.4 is 11.1 Å². The molecule has 1 heterocycles. The molecule has 2 aromatic carbocycles. The van der Waals surface area contributed by atoms with E-state index in [9.17, 15) is 9.59 Å². The molecule has 128 valence electrons. The van der Waals surface area contributed by atoms with Gasteiger partial charge in [-0.3, -0.25) is 14.7 Å². The van der Waals surface area contributed by atoms with E-state index >= 15 is 0 Å². The summed E-state index contributed by atoms with van der Waals surface area (Å²) in [7, 11) is 0. The predicted octanol–water partition coefficient (Wildman–Crippen LogP) is 3.17. The van der Waals surface area contributed by atoms with E-state index in [1.54, 1.807) is 18.2 Å². The number of nitrogens with zero attached hydrogens (tertiary/aromatic N) is 1. The van der Waals surface area contributed by atoms with Crippen molar-refractivity contribution in [3.05, 3.63) is 59.3 Å². The van der Waals surface area contributed by atoms with Gasteiger partial charge >= 0.3 is 0 Å². The Bertz CT molecular complexity index is 918. The highest BCUT2D eigenvalue weighted by molar-refractivity contribution is 7.98. The zero-order chi connectivity index (χ0) is 17.8. The lowest BCUT2D eigenvalue weighted by Crippen LogP contribution is -2.13. The third kappa shape index (κ3) is 3.83. The van der Waals surface area contributed by atoms with Crippen molar-refractivity contribution in [1.82, 2.24) is 10.2 Å². The highest BCUT2D eigenvalue weighted by Crippen LogP contribution is 2.21. The van der Waals surface area contributed by atoms with Crippen LogP contribution in [0.15, 0.2) is 42.5 Å². The smallest absolute Gasteiger partial charge is 0.269 e. The molecule has 1 aromatic heterocycles. The maximum Gasteiger partial charge on any atom is 0.269 e. The number of thioether (sulfide) groups is 1. The minimum Gasteiger partial charge on any atom is -0.364 e. The molecule has 0 aliphatic rings. The Morgan fingerprint density at radius 2 is 1.96 bits per heavy atom. The number of hydrogen-bond acceptors (Lipinski definition) is 4.